The van der Waals surface area contributed by atoms with Crippen LogP contribution in [0.3, 0.4) is 0 Å². The van der Waals surface area contributed by atoms with E-state index in [0.717, 1.165) is 4.90 Å². The molecule has 1 aromatic carbocycles. The molecule has 2 heterocycles. The summed E-state index contributed by atoms with van der Waals surface area (Å²) in [6.45, 7) is 2.88. The van der Waals surface area contributed by atoms with Gasteiger partial charge in [-0.05, 0) is 32.0 Å². The van der Waals surface area contributed by atoms with E-state index in [1.54, 1.807) is 13.8 Å². The fourth-order valence-electron chi connectivity index (χ4n) is 2.50. The number of anilines is 1. The van der Waals surface area contributed by atoms with Gasteiger partial charge in [-0.2, -0.15) is 14.8 Å². The summed E-state index contributed by atoms with van der Waals surface area (Å²) in [6, 6.07) is 3.72. The van der Waals surface area contributed by atoms with E-state index in [-0.39, 0.29) is 28.1 Å². The van der Waals surface area contributed by atoms with Gasteiger partial charge in [-0.15, -0.1) is 0 Å². The molecule has 0 saturated heterocycles. The molecule has 1 aromatic heterocycles. The predicted molar refractivity (Wildman–Crippen MR) is 86.0 cm³/mol. The van der Waals surface area contributed by atoms with E-state index in [1.165, 1.54) is 29.2 Å². The molecule has 0 saturated carbocycles. The lowest BCUT2D eigenvalue weighted by atomic mass is 10.1. The molecule has 10 nitrogen and oxygen atoms in total. The fourth-order valence-corrected chi connectivity index (χ4v) is 3.70. The van der Waals surface area contributed by atoms with Gasteiger partial charge in [0.05, 0.1) is 5.69 Å². The molecule has 0 fully saturated rings. The zero-order chi connectivity index (χ0) is 18.4. The Hall–Kier alpha value is -2.95. The molecule has 0 bridgehead atoms. The van der Waals surface area contributed by atoms with Crippen molar-refractivity contribution in [1.29, 1.82) is 0 Å². The largest absolute Gasteiger partial charge is 0.480 e. The van der Waals surface area contributed by atoms with Gasteiger partial charge in [-0.25, -0.2) is 13.1 Å². The summed E-state index contributed by atoms with van der Waals surface area (Å²) in [5.74, 6) is -1.66. The van der Waals surface area contributed by atoms with Crippen LogP contribution in [0.4, 0.5) is 5.95 Å². The van der Waals surface area contributed by atoms with Gasteiger partial charge >= 0.3 is 5.97 Å². The molecule has 0 spiro atoms. The number of aromatic nitrogens is 3. The van der Waals surface area contributed by atoms with E-state index in [0.29, 0.717) is 0 Å². The summed E-state index contributed by atoms with van der Waals surface area (Å²) in [5, 5.41) is 12.9. The van der Waals surface area contributed by atoms with E-state index in [4.69, 9.17) is 5.11 Å². The molecule has 0 aliphatic carbocycles. The second-order valence-corrected chi connectivity index (χ2v) is 7.35. The Labute approximate surface area is 143 Å². The van der Waals surface area contributed by atoms with E-state index in [2.05, 4.69) is 14.8 Å². The molecule has 2 N–H and O–H groups in total. The average molecular weight is 365 g/mol. The molecule has 1 aliphatic rings. The van der Waals surface area contributed by atoms with Crippen LogP contribution in [-0.2, 0) is 14.8 Å². The van der Waals surface area contributed by atoms with Crippen molar-refractivity contribution in [3.63, 3.8) is 0 Å². The number of aliphatic carboxylic acids is 1. The number of nitrogens with one attached hydrogen (secondary N) is 1. The van der Waals surface area contributed by atoms with Crippen LogP contribution in [0.5, 0.6) is 0 Å². The van der Waals surface area contributed by atoms with Crippen molar-refractivity contribution in [2.45, 2.75) is 24.8 Å². The summed E-state index contributed by atoms with van der Waals surface area (Å²) >= 11 is 0. The van der Waals surface area contributed by atoms with Crippen LogP contribution in [0.2, 0.25) is 0 Å². The van der Waals surface area contributed by atoms with Crippen molar-refractivity contribution in [1.82, 2.24) is 19.7 Å². The number of nitrogens with zero attached hydrogens (tertiary/aromatic N) is 4. The zero-order valence-electron chi connectivity index (χ0n) is 13.4. The number of carbonyl (C=O) groups is 2. The highest BCUT2D eigenvalue weighted by Crippen LogP contribution is 2.30. The number of carboxylic acids is 1. The number of rotatable bonds is 4. The molecule has 0 unspecified atom stereocenters. The Kier molecular flexibility index (Phi) is 3.95. The van der Waals surface area contributed by atoms with Crippen molar-refractivity contribution in [2.75, 3.05) is 11.3 Å². The molecule has 3 rings (SSSR count). The molecule has 0 atom stereocenters. The third kappa shape index (κ3) is 2.93. The predicted octanol–water partition coefficient (Wildman–Crippen LogP) is 0.317. The topological polar surface area (TPSA) is 134 Å². The van der Waals surface area contributed by atoms with E-state index < -0.39 is 28.4 Å². The summed E-state index contributed by atoms with van der Waals surface area (Å²) in [6.07, 6.45) is 1.21. The molecule has 1 aliphatic heterocycles. The zero-order valence-corrected chi connectivity index (χ0v) is 14.2. The van der Waals surface area contributed by atoms with Gasteiger partial charge in [0.2, 0.25) is 5.95 Å². The highest BCUT2D eigenvalue weighted by Gasteiger charge is 2.31. The minimum atomic E-state index is -3.91. The van der Waals surface area contributed by atoms with E-state index >= 15 is 0 Å². The maximum absolute atomic E-state index is 12.6. The lowest BCUT2D eigenvalue weighted by Gasteiger charge is -2.26. The van der Waals surface area contributed by atoms with Gasteiger partial charge in [0.1, 0.15) is 17.8 Å². The Morgan fingerprint density at radius 1 is 1.36 bits per heavy atom. The van der Waals surface area contributed by atoms with Crippen LogP contribution in [0.25, 0.3) is 5.69 Å². The van der Waals surface area contributed by atoms with Crippen LogP contribution in [0.1, 0.15) is 24.2 Å². The number of carboxylic acid groups (broad SMARTS) is 1. The molecule has 1 amide bonds. The van der Waals surface area contributed by atoms with Gasteiger partial charge in [-0.3, -0.25) is 9.59 Å². The Balaban J connectivity index is 2.07. The van der Waals surface area contributed by atoms with Gasteiger partial charge in [0.25, 0.3) is 15.9 Å². The van der Waals surface area contributed by atoms with E-state index in [9.17, 15) is 18.0 Å². The lowest BCUT2D eigenvalue weighted by Crippen LogP contribution is -2.40. The fraction of sp³-hybridized carbons (Fsp3) is 0.286. The maximum Gasteiger partial charge on any atom is 0.323 e. The summed E-state index contributed by atoms with van der Waals surface area (Å²) in [4.78, 5) is 28.4. The Bertz CT molecular complexity index is 966. The van der Waals surface area contributed by atoms with Crippen molar-refractivity contribution in [3.8, 4) is 5.69 Å². The smallest absolute Gasteiger partial charge is 0.323 e. The first kappa shape index (κ1) is 16.9. The SMILES string of the molecule is CC(C)N(CC(=O)O)C(=O)c1ccc2c(c1)S(=O)(=O)Nc1ncnn1-2. The first-order valence-electron chi connectivity index (χ1n) is 7.30. The van der Waals surface area contributed by atoms with Crippen LogP contribution in [-0.4, -0.2) is 57.7 Å². The normalized spacial score (nSPS) is 14.4. The van der Waals surface area contributed by atoms with Crippen LogP contribution < -0.4 is 4.72 Å². The van der Waals surface area contributed by atoms with Gasteiger partial charge < -0.3 is 10.0 Å². The van der Waals surface area contributed by atoms with Crippen LogP contribution in [0, 0.1) is 0 Å². The van der Waals surface area contributed by atoms with Crippen LogP contribution in [0.15, 0.2) is 29.4 Å². The van der Waals surface area contributed by atoms with Crippen LogP contribution >= 0.6 is 0 Å². The maximum atomic E-state index is 12.6. The minimum absolute atomic E-state index is 0.0567. The third-order valence-electron chi connectivity index (χ3n) is 3.69. The highest BCUT2D eigenvalue weighted by molar-refractivity contribution is 7.93. The molecular weight excluding hydrogens is 350 g/mol. The molecule has 25 heavy (non-hydrogen) atoms. The third-order valence-corrected chi connectivity index (χ3v) is 5.05. The summed E-state index contributed by atoms with van der Waals surface area (Å²) < 4.78 is 28.3. The molecule has 2 aromatic rings. The molecule has 132 valence electrons. The van der Waals surface area contributed by atoms with E-state index in [1.807, 2.05) is 0 Å². The molecule has 11 heteroatoms. The quantitative estimate of drug-likeness (QED) is 0.796. The number of carbonyl (C=O) groups excluding carboxylic acids is 1. The Morgan fingerprint density at radius 3 is 2.72 bits per heavy atom. The number of sulfonamides is 1. The van der Waals surface area contributed by atoms with Crippen molar-refractivity contribution in [2.24, 2.45) is 0 Å². The highest BCUT2D eigenvalue weighted by atomic mass is 32.2. The Morgan fingerprint density at radius 2 is 2.08 bits per heavy atom. The minimum Gasteiger partial charge on any atom is -0.480 e. The van der Waals surface area contributed by atoms with Gasteiger partial charge in [0, 0.05) is 11.6 Å². The number of amides is 1. The van der Waals surface area contributed by atoms with Crippen molar-refractivity contribution < 1.29 is 23.1 Å². The number of hydrogen-bond donors (Lipinski definition) is 2. The van der Waals surface area contributed by atoms with Gasteiger partial charge in [-0.1, -0.05) is 0 Å². The van der Waals surface area contributed by atoms with Crippen molar-refractivity contribution in [3.05, 3.63) is 30.1 Å². The first-order chi connectivity index (χ1) is 11.7. The number of hydrogen-bond acceptors (Lipinski definition) is 6. The summed E-state index contributed by atoms with van der Waals surface area (Å²) in [5.41, 5.74) is 0.333. The second-order valence-electron chi connectivity index (χ2n) is 5.70. The monoisotopic (exact) mass is 365 g/mol. The average Bonchev–Trinajstić information content (AvgIpc) is 2.98. The lowest BCUT2D eigenvalue weighted by molar-refractivity contribution is -0.138. The molecule has 0 radical (unpaired) electrons. The van der Waals surface area contributed by atoms with Crippen molar-refractivity contribution >= 4 is 27.8 Å². The second kappa shape index (κ2) is 5.84. The number of benzene rings is 1. The van der Waals surface area contributed by atoms with Gasteiger partial charge in [0.15, 0.2) is 0 Å². The summed E-state index contributed by atoms with van der Waals surface area (Å²) in [7, 11) is -3.91. The standard InChI is InChI=1S/C14H15N5O5S/c1-8(2)18(6-12(20)21)13(22)9-3-4-10-11(5-9)25(23,24)17-14-15-7-16-19(10)14/h3-5,7-8H,6H2,1-2H3,(H,20,21)(H,15,16,17). The molecular formula is C14H15N5O5S. The first-order valence-corrected chi connectivity index (χ1v) is 8.79. The number of fused-ring (bicyclic) bond motifs is 3.